The number of aliphatic carboxylic acids is 1. The number of ether oxygens (including phenoxy) is 5. The van der Waals surface area contributed by atoms with Crippen LogP contribution in [0.3, 0.4) is 0 Å². The van der Waals surface area contributed by atoms with E-state index in [1.165, 1.54) is 26.2 Å². The van der Waals surface area contributed by atoms with Gasteiger partial charge in [0.2, 0.25) is 18.5 Å². The first kappa shape index (κ1) is 30.5. The van der Waals surface area contributed by atoms with Crippen molar-refractivity contribution < 1.29 is 47.6 Å². The molecule has 0 saturated carbocycles. The Bertz CT molecular complexity index is 1460. The maximum Gasteiger partial charge on any atom is 0.332 e. The van der Waals surface area contributed by atoms with E-state index >= 15 is 0 Å². The van der Waals surface area contributed by atoms with Crippen LogP contribution in [0.25, 0.3) is 6.08 Å². The number of amides is 1. The van der Waals surface area contributed by atoms with Crippen molar-refractivity contribution in [2.24, 2.45) is 0 Å². The van der Waals surface area contributed by atoms with E-state index in [0.717, 1.165) is 0 Å². The van der Waals surface area contributed by atoms with E-state index in [4.69, 9.17) is 39.7 Å². The van der Waals surface area contributed by atoms with E-state index in [0.29, 0.717) is 27.7 Å². The second kappa shape index (κ2) is 13.5. The van der Waals surface area contributed by atoms with Crippen LogP contribution in [0.2, 0.25) is 5.02 Å². The van der Waals surface area contributed by atoms with Gasteiger partial charge in [0.15, 0.2) is 17.6 Å². The van der Waals surface area contributed by atoms with Gasteiger partial charge in [-0.2, -0.15) is 0 Å². The van der Waals surface area contributed by atoms with Crippen LogP contribution < -0.4 is 10.1 Å². The molecule has 2 aliphatic rings. The molecule has 12 heteroatoms. The average molecular weight is 612 g/mol. The molecule has 43 heavy (non-hydrogen) atoms. The van der Waals surface area contributed by atoms with Crippen molar-refractivity contribution in [1.29, 1.82) is 0 Å². The molecule has 2 N–H and O–H groups in total. The number of benzene rings is 2. The van der Waals surface area contributed by atoms with Gasteiger partial charge >= 0.3 is 5.97 Å². The number of rotatable bonds is 10. The summed E-state index contributed by atoms with van der Waals surface area (Å²) in [5.74, 6) is -1.10. The van der Waals surface area contributed by atoms with Crippen molar-refractivity contribution in [3.05, 3.63) is 94.9 Å². The number of para-hydroxylation sites is 1. The Morgan fingerprint density at radius 2 is 1.84 bits per heavy atom. The number of hydrogen-bond donors (Lipinski definition) is 2. The molecule has 7 atom stereocenters. The Kier molecular flexibility index (Phi) is 9.59. The van der Waals surface area contributed by atoms with Crippen molar-refractivity contribution >= 4 is 35.3 Å². The number of halogens is 1. The Hall–Kier alpha value is -4.00. The number of carbonyl (C=O) groups excluding carboxylic acids is 2. The molecule has 11 nitrogen and oxygen atoms in total. The van der Waals surface area contributed by atoms with E-state index in [2.05, 4.69) is 5.32 Å². The molecule has 5 rings (SSSR count). The molecule has 2 fully saturated rings. The average Bonchev–Trinajstić information content (AvgIpc) is 3.53. The first-order chi connectivity index (χ1) is 20.7. The third kappa shape index (κ3) is 7.32. The van der Waals surface area contributed by atoms with E-state index in [1.807, 2.05) is 0 Å². The third-order valence-electron chi connectivity index (χ3n) is 6.90. The number of carboxylic acids is 1. The molecular weight excluding hydrogens is 582 g/mol. The molecule has 3 aromatic rings. The smallest absolute Gasteiger partial charge is 0.332 e. The molecule has 1 amide bonds. The molecule has 1 aromatic heterocycles. The first-order valence-electron chi connectivity index (χ1n) is 13.5. The Morgan fingerprint density at radius 3 is 2.53 bits per heavy atom. The predicted molar refractivity (Wildman–Crippen MR) is 152 cm³/mol. The zero-order chi connectivity index (χ0) is 30.5. The number of carboxylic acid groups (broad SMARTS) is 1. The van der Waals surface area contributed by atoms with Gasteiger partial charge in [0, 0.05) is 23.1 Å². The summed E-state index contributed by atoms with van der Waals surface area (Å²) in [7, 11) is 0. The molecular formula is C31H30ClNO10. The molecule has 0 aliphatic carbocycles. The maximum atomic E-state index is 12.7. The number of hydrogen-bond acceptors (Lipinski definition) is 9. The number of allylic oxidation sites excluding steroid dienone is 1. The van der Waals surface area contributed by atoms with Gasteiger partial charge in [0.1, 0.15) is 30.1 Å². The van der Waals surface area contributed by atoms with Crippen LogP contribution >= 0.6 is 11.6 Å². The van der Waals surface area contributed by atoms with Crippen LogP contribution in [0.15, 0.2) is 77.4 Å². The minimum Gasteiger partial charge on any atom is -0.479 e. The van der Waals surface area contributed by atoms with Crippen LogP contribution in [0.4, 0.5) is 0 Å². The summed E-state index contributed by atoms with van der Waals surface area (Å²) in [6.07, 6.45) is -1.42. The quantitative estimate of drug-likeness (QED) is 0.250. The lowest BCUT2D eigenvalue weighted by atomic mass is 9.95. The summed E-state index contributed by atoms with van der Waals surface area (Å²) in [6, 6.07) is 15.9. The maximum absolute atomic E-state index is 12.7. The predicted octanol–water partition coefficient (Wildman–Crippen LogP) is 4.41. The van der Waals surface area contributed by atoms with Crippen LogP contribution in [0, 0.1) is 0 Å². The SMILES string of the molecule is CC(=O)NC1C(Oc2ccccc2/C=C/C(=O)c2ccc(Cl)cc2)OC2COC(c3ccco3)OC2C1OC(C)C(=O)O. The van der Waals surface area contributed by atoms with E-state index < -0.39 is 54.9 Å². The van der Waals surface area contributed by atoms with E-state index in [9.17, 15) is 19.5 Å². The minimum absolute atomic E-state index is 0.0428. The van der Waals surface area contributed by atoms with Crippen molar-refractivity contribution in [2.75, 3.05) is 6.61 Å². The summed E-state index contributed by atoms with van der Waals surface area (Å²) < 4.78 is 36.0. The Labute approximate surface area is 252 Å². The summed E-state index contributed by atoms with van der Waals surface area (Å²) in [5.41, 5.74) is 1.02. The molecule has 0 radical (unpaired) electrons. The van der Waals surface area contributed by atoms with Gasteiger partial charge in [-0.05, 0) is 61.5 Å². The summed E-state index contributed by atoms with van der Waals surface area (Å²) in [5, 5.41) is 12.9. The fourth-order valence-corrected chi connectivity index (χ4v) is 4.94. The van der Waals surface area contributed by atoms with Gasteiger partial charge in [-0.25, -0.2) is 4.79 Å². The highest BCUT2D eigenvalue weighted by atomic mass is 35.5. The van der Waals surface area contributed by atoms with Gasteiger partial charge in [-0.3, -0.25) is 9.59 Å². The largest absolute Gasteiger partial charge is 0.479 e. The summed E-state index contributed by atoms with van der Waals surface area (Å²) in [6.45, 7) is 2.74. The first-order valence-corrected chi connectivity index (χ1v) is 13.9. The molecule has 7 unspecified atom stereocenters. The van der Waals surface area contributed by atoms with Crippen molar-refractivity contribution in [3.63, 3.8) is 0 Å². The highest BCUT2D eigenvalue weighted by Gasteiger charge is 2.53. The topological polar surface area (TPSA) is 143 Å². The van der Waals surface area contributed by atoms with Gasteiger partial charge < -0.3 is 38.5 Å². The second-order valence-electron chi connectivity index (χ2n) is 9.99. The van der Waals surface area contributed by atoms with Gasteiger partial charge in [-0.15, -0.1) is 0 Å². The molecule has 226 valence electrons. The van der Waals surface area contributed by atoms with Crippen molar-refractivity contribution in [2.45, 2.75) is 56.9 Å². The second-order valence-corrected chi connectivity index (χ2v) is 10.4. The molecule has 2 aliphatic heterocycles. The fraction of sp³-hybridized carbons (Fsp3) is 0.323. The van der Waals surface area contributed by atoms with Crippen molar-refractivity contribution in [3.8, 4) is 5.75 Å². The van der Waals surface area contributed by atoms with E-state index in [-0.39, 0.29) is 12.4 Å². The number of carbonyl (C=O) groups is 3. The highest BCUT2D eigenvalue weighted by molar-refractivity contribution is 6.30. The molecule has 3 heterocycles. The normalized spacial score (nSPS) is 25.9. The Balaban J connectivity index is 1.42. The zero-order valence-corrected chi connectivity index (χ0v) is 24.0. The molecule has 0 spiro atoms. The van der Waals surface area contributed by atoms with E-state index in [1.54, 1.807) is 66.7 Å². The van der Waals surface area contributed by atoms with Gasteiger partial charge in [0.05, 0.1) is 12.9 Å². The van der Waals surface area contributed by atoms with Gasteiger partial charge in [0.25, 0.3) is 0 Å². The molecule has 0 bridgehead atoms. The van der Waals surface area contributed by atoms with Crippen LogP contribution in [0.5, 0.6) is 5.75 Å². The number of ketones is 1. The lowest BCUT2D eigenvalue weighted by Gasteiger charge is -2.49. The highest BCUT2D eigenvalue weighted by Crippen LogP contribution is 2.37. The summed E-state index contributed by atoms with van der Waals surface area (Å²) in [4.78, 5) is 36.9. The van der Waals surface area contributed by atoms with Crippen LogP contribution in [-0.2, 0) is 28.5 Å². The van der Waals surface area contributed by atoms with Crippen LogP contribution in [0.1, 0.15) is 41.8 Å². The summed E-state index contributed by atoms with van der Waals surface area (Å²) >= 11 is 5.93. The van der Waals surface area contributed by atoms with Crippen LogP contribution in [-0.4, -0.2) is 66.1 Å². The number of nitrogens with one attached hydrogen (secondary N) is 1. The fourth-order valence-electron chi connectivity index (χ4n) is 4.81. The monoisotopic (exact) mass is 611 g/mol. The Morgan fingerprint density at radius 1 is 1.07 bits per heavy atom. The van der Waals surface area contributed by atoms with Crippen molar-refractivity contribution in [1.82, 2.24) is 5.32 Å². The van der Waals surface area contributed by atoms with Gasteiger partial charge in [-0.1, -0.05) is 29.8 Å². The standard InChI is InChI=1S/C31H30ClNO10/c1-17(29(36)37)40-28-26(33-18(2)34)31(42-25-16-39-30(43-27(25)28)24-8-5-15-38-24)41-23-7-4-3-6-20(23)11-14-22(35)19-9-12-21(32)13-10-19/h3-15,17,25-28,30-31H,16H2,1-2H3,(H,33,34)(H,36,37)/b14-11+. The third-order valence-corrected chi connectivity index (χ3v) is 7.15. The minimum atomic E-state index is -1.25. The number of fused-ring (bicyclic) bond motifs is 1. The molecule has 2 aromatic carbocycles. The zero-order valence-electron chi connectivity index (χ0n) is 23.3. The molecule has 2 saturated heterocycles. The number of furan rings is 1. The lowest BCUT2D eigenvalue weighted by Crippen LogP contribution is -2.68. The lowest BCUT2D eigenvalue weighted by molar-refractivity contribution is -0.343.